The minimum absolute atomic E-state index is 0.0428. The Hall–Kier alpha value is -3.22. The van der Waals surface area contributed by atoms with E-state index in [2.05, 4.69) is 81.1 Å². The summed E-state index contributed by atoms with van der Waals surface area (Å²) >= 11 is 0. The van der Waals surface area contributed by atoms with Gasteiger partial charge in [0.05, 0.1) is 12.8 Å². The van der Waals surface area contributed by atoms with Crippen LogP contribution in [0.1, 0.15) is 526 Å². The Morgan fingerprint density at radius 2 is 0.321 bits per heavy atom. The molecule has 0 aliphatic carbocycles. The fourth-order valence-electron chi connectivity index (χ4n) is 15.4. The molecule has 0 fully saturated rings. The lowest BCUT2D eigenvalue weighted by atomic mass is 10.0. The summed E-state index contributed by atoms with van der Waals surface area (Å²) in [6.07, 6.45) is 70.4. The average molecular weight is 1540 g/mol. The van der Waals surface area contributed by atoms with Gasteiger partial charge in [0.1, 0.15) is 36.6 Å². The number of unbranched alkanes of at least 4 members (excludes halogenated alkanes) is 40. The first-order chi connectivity index (χ1) is 53.0. The molecule has 0 unspecified atom stereocenters. The Balaban J connectivity index is 5.94. The molecule has 13 nitrogen and oxygen atoms in total. The summed E-state index contributed by atoms with van der Waals surface area (Å²) in [4.78, 5) is 82.4. The van der Waals surface area contributed by atoms with Crippen molar-refractivity contribution in [2.75, 3.05) is 13.1 Å². The highest BCUT2D eigenvalue weighted by molar-refractivity contribution is 5.71. The molecule has 0 N–H and O–H groups in total. The molecular formula is C96H183NO12. The summed E-state index contributed by atoms with van der Waals surface area (Å²) < 4.78 is 37.1. The summed E-state index contributed by atoms with van der Waals surface area (Å²) in [7, 11) is 0. The molecule has 0 heterocycles. The predicted molar refractivity (Wildman–Crippen MR) is 459 cm³/mol. The third-order valence-electron chi connectivity index (χ3n) is 22.6. The summed E-state index contributed by atoms with van der Waals surface area (Å²) in [5, 5.41) is 0. The Kier molecular flexibility index (Phi) is 76.3. The minimum Gasteiger partial charge on any atom is -0.462 e. The van der Waals surface area contributed by atoms with Crippen LogP contribution in [-0.4, -0.2) is 96.0 Å². The van der Waals surface area contributed by atoms with Crippen LogP contribution in [0.25, 0.3) is 0 Å². The van der Waals surface area contributed by atoms with Gasteiger partial charge in [0.2, 0.25) is 0 Å². The van der Waals surface area contributed by atoms with Gasteiger partial charge in [-0.2, -0.15) is 0 Å². The first-order valence-corrected chi connectivity index (χ1v) is 47.9. The van der Waals surface area contributed by atoms with Crippen molar-refractivity contribution < 1.29 is 57.2 Å². The van der Waals surface area contributed by atoms with E-state index in [-0.39, 0.29) is 90.8 Å². The van der Waals surface area contributed by atoms with Crippen LogP contribution in [0.4, 0.5) is 0 Å². The third kappa shape index (κ3) is 71.1. The van der Waals surface area contributed by atoms with Gasteiger partial charge in [-0.25, -0.2) is 0 Å². The smallest absolute Gasteiger partial charge is 0.307 e. The number of carbonyl (C=O) groups is 6. The number of rotatable bonds is 84. The molecular weight excluding hydrogens is 1360 g/mol. The van der Waals surface area contributed by atoms with Crippen LogP contribution in [0.2, 0.25) is 0 Å². The van der Waals surface area contributed by atoms with Crippen LogP contribution in [-0.2, 0) is 57.2 Å². The van der Waals surface area contributed by atoms with Crippen molar-refractivity contribution in [1.29, 1.82) is 0 Å². The number of carbonyl (C=O) groups excluding carboxylic acids is 6. The summed E-state index contributed by atoms with van der Waals surface area (Å²) in [6, 6.07) is 0. The van der Waals surface area contributed by atoms with Crippen molar-refractivity contribution >= 4 is 35.8 Å². The van der Waals surface area contributed by atoms with Gasteiger partial charge in [-0.05, 0) is 201 Å². The third-order valence-corrected chi connectivity index (χ3v) is 22.6. The molecule has 0 aliphatic heterocycles. The molecule has 0 radical (unpaired) electrons. The van der Waals surface area contributed by atoms with Crippen molar-refractivity contribution in [2.45, 2.75) is 568 Å². The van der Waals surface area contributed by atoms with Crippen LogP contribution in [0.5, 0.6) is 0 Å². The van der Waals surface area contributed by atoms with E-state index in [1.54, 1.807) is 0 Å². The quantitative estimate of drug-likeness (QED) is 0.0322. The van der Waals surface area contributed by atoms with Gasteiger partial charge in [0.15, 0.2) is 0 Å². The van der Waals surface area contributed by atoms with Crippen molar-refractivity contribution in [3.8, 4) is 0 Å². The first-order valence-electron chi connectivity index (χ1n) is 47.9. The molecule has 0 bridgehead atoms. The number of ether oxygens (including phenoxy) is 6. The molecule has 0 aromatic carbocycles. The number of esters is 6. The molecule has 0 aliphatic rings. The molecule has 644 valence electrons. The van der Waals surface area contributed by atoms with Gasteiger partial charge in [-0.15, -0.1) is 0 Å². The van der Waals surface area contributed by atoms with Crippen LogP contribution < -0.4 is 0 Å². The fourth-order valence-corrected chi connectivity index (χ4v) is 15.4. The van der Waals surface area contributed by atoms with Gasteiger partial charge in [-0.3, -0.25) is 33.7 Å². The highest BCUT2D eigenvalue weighted by Gasteiger charge is 2.26. The van der Waals surface area contributed by atoms with Gasteiger partial charge >= 0.3 is 35.8 Å². The van der Waals surface area contributed by atoms with Gasteiger partial charge in [-0.1, -0.05) is 287 Å². The van der Waals surface area contributed by atoms with E-state index in [1.807, 2.05) is 0 Å². The lowest BCUT2D eigenvalue weighted by Crippen LogP contribution is -2.44. The molecule has 109 heavy (non-hydrogen) atoms. The van der Waals surface area contributed by atoms with E-state index in [1.165, 1.54) is 154 Å². The Labute approximate surface area is 675 Å². The lowest BCUT2D eigenvalue weighted by Gasteiger charge is -2.35. The molecule has 0 saturated carbocycles. The monoisotopic (exact) mass is 1540 g/mol. The molecule has 0 saturated heterocycles. The highest BCUT2D eigenvalue weighted by atomic mass is 16.6. The standard InChI is InChI=1S/C96H183NO12/c1-12-20-28-48-64-84(65-49-29-21-13-2)104-90(98)76-60-44-36-40-56-72-88(73-57-41-37-45-61-77-91(99)105-85(66-50-30-22-14-3)67-51-31-23-15-4)108-94(102)80-82-97(96(9,10)11)83-81-95(103)109-89(74-58-42-38-46-62-78-92(100)106-86(68-52-32-24-16-5)69-53-33-25-17-6)75-59-43-39-47-63-79-93(101)107-87(70-54-34-26-18-7)71-55-35-27-19-8/h84-89H,12-83H2,1-11H3. The summed E-state index contributed by atoms with van der Waals surface area (Å²) in [5.41, 5.74) is -0.302. The zero-order chi connectivity index (χ0) is 80.2. The highest BCUT2D eigenvalue weighted by Crippen LogP contribution is 2.26. The van der Waals surface area contributed by atoms with Gasteiger partial charge in [0, 0.05) is 44.3 Å². The van der Waals surface area contributed by atoms with E-state index >= 15 is 0 Å². The maximum atomic E-state index is 14.0. The fraction of sp³-hybridized carbons (Fsp3) is 0.938. The summed E-state index contributed by atoms with van der Waals surface area (Å²) in [5.74, 6) is -0.595. The summed E-state index contributed by atoms with van der Waals surface area (Å²) in [6.45, 7) is 25.2. The van der Waals surface area contributed by atoms with E-state index in [9.17, 15) is 28.8 Å². The normalized spacial score (nSPS) is 11.9. The zero-order valence-electron chi connectivity index (χ0n) is 74.2. The zero-order valence-corrected chi connectivity index (χ0v) is 74.2. The maximum absolute atomic E-state index is 14.0. The average Bonchev–Trinajstić information content (AvgIpc) is 0.879. The topological polar surface area (TPSA) is 161 Å². The van der Waals surface area contributed by atoms with Crippen LogP contribution in [0.15, 0.2) is 0 Å². The van der Waals surface area contributed by atoms with Crippen molar-refractivity contribution in [3.05, 3.63) is 0 Å². The Morgan fingerprint density at radius 3 is 0.468 bits per heavy atom. The molecule has 13 heteroatoms. The minimum atomic E-state index is -0.302. The van der Waals surface area contributed by atoms with Crippen molar-refractivity contribution in [1.82, 2.24) is 4.90 Å². The van der Waals surface area contributed by atoms with Crippen LogP contribution in [0, 0.1) is 0 Å². The van der Waals surface area contributed by atoms with E-state index in [4.69, 9.17) is 28.4 Å². The largest absolute Gasteiger partial charge is 0.462 e. The second-order valence-electron chi connectivity index (χ2n) is 34.3. The Morgan fingerprint density at radius 1 is 0.193 bits per heavy atom. The van der Waals surface area contributed by atoms with E-state index in [0.29, 0.717) is 38.8 Å². The predicted octanol–water partition coefficient (Wildman–Crippen LogP) is 29.0. The molecule has 0 rings (SSSR count). The van der Waals surface area contributed by atoms with Gasteiger partial charge in [0.25, 0.3) is 0 Å². The van der Waals surface area contributed by atoms with Crippen LogP contribution in [0.3, 0.4) is 0 Å². The van der Waals surface area contributed by atoms with Crippen LogP contribution >= 0.6 is 0 Å². The van der Waals surface area contributed by atoms with Crippen molar-refractivity contribution in [2.24, 2.45) is 0 Å². The Bertz CT molecular complexity index is 1750. The second-order valence-corrected chi connectivity index (χ2v) is 34.3. The number of nitrogens with zero attached hydrogens (tertiary/aromatic N) is 1. The second kappa shape index (κ2) is 78.7. The SMILES string of the molecule is CCCCCCC(CCCCCC)OC(=O)CCCCCCCC(CCCCCCCC(=O)OC(CCCCCC)CCCCCC)OC(=O)CCN(CCC(=O)OC(CCCCCCCC(=O)OC(CCCCCC)CCCCCC)CCCCCCCC(=O)OC(CCCCCC)CCCCCC)C(C)(C)C. The number of hydrogen-bond donors (Lipinski definition) is 0. The first kappa shape index (κ1) is 106. The molecule has 0 spiro atoms. The number of hydrogen-bond acceptors (Lipinski definition) is 13. The molecule has 0 atom stereocenters. The molecule has 0 amide bonds. The maximum Gasteiger partial charge on any atom is 0.307 e. The van der Waals surface area contributed by atoms with Crippen molar-refractivity contribution in [3.63, 3.8) is 0 Å². The van der Waals surface area contributed by atoms with Gasteiger partial charge < -0.3 is 28.4 Å². The molecule has 0 aromatic rings. The van der Waals surface area contributed by atoms with E-state index < -0.39 is 0 Å². The lowest BCUT2D eigenvalue weighted by molar-refractivity contribution is -0.152. The molecule has 0 aromatic heterocycles. The van der Waals surface area contributed by atoms with E-state index in [0.717, 1.165) is 257 Å².